The Morgan fingerprint density at radius 1 is 1.70 bits per heavy atom. The zero-order valence-corrected chi connectivity index (χ0v) is 6.23. The van der Waals surface area contributed by atoms with E-state index in [1.54, 1.807) is 6.20 Å². The molecule has 1 aromatic heterocycles. The highest BCUT2D eigenvalue weighted by molar-refractivity contribution is 7.11. The van der Waals surface area contributed by atoms with Gasteiger partial charge in [0.05, 0.1) is 0 Å². The van der Waals surface area contributed by atoms with Gasteiger partial charge in [-0.25, -0.2) is 4.98 Å². The SMILES string of the molecule is c1csc(OC2CNC2)n1. The van der Waals surface area contributed by atoms with Crippen LogP contribution >= 0.6 is 11.3 Å². The Kier molecular flexibility index (Phi) is 1.56. The first-order valence-corrected chi connectivity index (χ1v) is 4.10. The van der Waals surface area contributed by atoms with E-state index in [9.17, 15) is 0 Å². The first-order valence-electron chi connectivity index (χ1n) is 3.22. The second kappa shape index (κ2) is 2.56. The fraction of sp³-hybridized carbons (Fsp3) is 0.500. The molecule has 3 nitrogen and oxygen atoms in total. The molecule has 0 radical (unpaired) electrons. The topological polar surface area (TPSA) is 34.1 Å². The molecule has 1 fully saturated rings. The minimum atomic E-state index is 0.353. The Labute approximate surface area is 63.0 Å². The molecule has 0 saturated carbocycles. The minimum Gasteiger partial charge on any atom is -0.464 e. The third-order valence-electron chi connectivity index (χ3n) is 1.42. The number of hydrogen-bond acceptors (Lipinski definition) is 4. The van der Waals surface area contributed by atoms with Crippen LogP contribution in [0.15, 0.2) is 11.6 Å². The average molecular weight is 156 g/mol. The maximum absolute atomic E-state index is 5.44. The van der Waals surface area contributed by atoms with Crippen LogP contribution in [0.3, 0.4) is 0 Å². The van der Waals surface area contributed by atoms with E-state index in [1.165, 1.54) is 11.3 Å². The summed E-state index contributed by atoms with van der Waals surface area (Å²) in [6, 6.07) is 0. The van der Waals surface area contributed by atoms with Gasteiger partial charge in [0.25, 0.3) is 5.19 Å². The summed E-state index contributed by atoms with van der Waals surface area (Å²) in [6.07, 6.45) is 2.11. The highest BCUT2D eigenvalue weighted by atomic mass is 32.1. The molecule has 1 aliphatic heterocycles. The van der Waals surface area contributed by atoms with Gasteiger partial charge in [-0.2, -0.15) is 0 Å². The number of ether oxygens (including phenoxy) is 1. The van der Waals surface area contributed by atoms with Gasteiger partial charge < -0.3 is 10.1 Å². The molecular weight excluding hydrogens is 148 g/mol. The summed E-state index contributed by atoms with van der Waals surface area (Å²) < 4.78 is 5.44. The Hall–Kier alpha value is -0.610. The van der Waals surface area contributed by atoms with E-state index in [0.29, 0.717) is 6.10 Å². The van der Waals surface area contributed by atoms with Gasteiger partial charge in [-0.15, -0.1) is 0 Å². The van der Waals surface area contributed by atoms with E-state index in [-0.39, 0.29) is 0 Å². The summed E-state index contributed by atoms with van der Waals surface area (Å²) in [7, 11) is 0. The molecule has 2 heterocycles. The van der Waals surface area contributed by atoms with E-state index in [4.69, 9.17) is 4.74 Å². The van der Waals surface area contributed by atoms with Crippen LogP contribution in [0, 0.1) is 0 Å². The fourth-order valence-electron chi connectivity index (χ4n) is 0.757. The van der Waals surface area contributed by atoms with Crippen LogP contribution in [0.2, 0.25) is 0 Å². The number of rotatable bonds is 2. The van der Waals surface area contributed by atoms with Crippen LogP contribution in [0.1, 0.15) is 0 Å². The van der Waals surface area contributed by atoms with E-state index in [2.05, 4.69) is 10.3 Å². The molecule has 1 N–H and O–H groups in total. The zero-order valence-electron chi connectivity index (χ0n) is 5.41. The van der Waals surface area contributed by atoms with E-state index < -0.39 is 0 Å². The Morgan fingerprint density at radius 3 is 3.10 bits per heavy atom. The van der Waals surface area contributed by atoms with Crippen molar-refractivity contribution in [3.8, 4) is 5.19 Å². The first kappa shape index (κ1) is 6.12. The predicted molar refractivity (Wildman–Crippen MR) is 39.4 cm³/mol. The molecule has 54 valence electrons. The number of nitrogens with one attached hydrogen (secondary N) is 1. The fourth-order valence-corrected chi connectivity index (χ4v) is 1.31. The summed E-state index contributed by atoms with van der Waals surface area (Å²) in [5.74, 6) is 0. The van der Waals surface area contributed by atoms with Crippen LogP contribution in [0.25, 0.3) is 0 Å². The van der Waals surface area contributed by atoms with Crippen molar-refractivity contribution in [1.29, 1.82) is 0 Å². The molecule has 1 aromatic rings. The maximum atomic E-state index is 5.44. The van der Waals surface area contributed by atoms with Crippen molar-refractivity contribution in [2.24, 2.45) is 0 Å². The van der Waals surface area contributed by atoms with E-state index >= 15 is 0 Å². The molecule has 10 heavy (non-hydrogen) atoms. The zero-order chi connectivity index (χ0) is 6.81. The van der Waals surface area contributed by atoms with Crippen molar-refractivity contribution >= 4 is 11.3 Å². The van der Waals surface area contributed by atoms with Gasteiger partial charge in [-0.1, -0.05) is 11.3 Å². The van der Waals surface area contributed by atoms with E-state index in [1.807, 2.05) is 5.38 Å². The molecule has 4 heteroatoms. The van der Waals surface area contributed by atoms with Crippen molar-refractivity contribution < 1.29 is 4.74 Å². The maximum Gasteiger partial charge on any atom is 0.273 e. The number of hydrogen-bond donors (Lipinski definition) is 1. The molecule has 0 spiro atoms. The van der Waals surface area contributed by atoms with Crippen molar-refractivity contribution in [3.05, 3.63) is 11.6 Å². The number of thiazole rings is 1. The molecule has 0 atom stereocenters. The standard InChI is InChI=1S/C6H8N2OS/c1-2-10-6(8-1)9-5-3-7-4-5/h1-2,5,7H,3-4H2. The van der Waals surface area contributed by atoms with Gasteiger partial charge >= 0.3 is 0 Å². The smallest absolute Gasteiger partial charge is 0.273 e. The summed E-state index contributed by atoms with van der Waals surface area (Å²) in [4.78, 5) is 4.01. The van der Waals surface area contributed by atoms with Crippen LogP contribution < -0.4 is 10.1 Å². The normalized spacial score (nSPS) is 18.4. The van der Waals surface area contributed by atoms with Crippen LogP contribution in [0.4, 0.5) is 0 Å². The molecule has 0 amide bonds. The van der Waals surface area contributed by atoms with Gasteiger partial charge in [0, 0.05) is 24.7 Å². The monoisotopic (exact) mass is 156 g/mol. The highest BCUT2D eigenvalue weighted by Crippen LogP contribution is 2.16. The van der Waals surface area contributed by atoms with Crippen LogP contribution in [0.5, 0.6) is 5.19 Å². The van der Waals surface area contributed by atoms with Crippen molar-refractivity contribution in [1.82, 2.24) is 10.3 Å². The Bertz CT molecular complexity index is 196. The minimum absolute atomic E-state index is 0.353. The lowest BCUT2D eigenvalue weighted by atomic mass is 10.2. The third-order valence-corrected chi connectivity index (χ3v) is 2.08. The lowest BCUT2D eigenvalue weighted by Crippen LogP contribution is -2.50. The summed E-state index contributed by atoms with van der Waals surface area (Å²) in [5, 5.41) is 5.83. The average Bonchev–Trinajstić information content (AvgIpc) is 2.29. The van der Waals surface area contributed by atoms with Crippen LogP contribution in [-0.2, 0) is 0 Å². The number of nitrogens with zero attached hydrogens (tertiary/aromatic N) is 1. The van der Waals surface area contributed by atoms with Gasteiger partial charge in [-0.3, -0.25) is 0 Å². The lowest BCUT2D eigenvalue weighted by Gasteiger charge is -2.26. The third kappa shape index (κ3) is 1.12. The summed E-state index contributed by atoms with van der Waals surface area (Å²) in [5.41, 5.74) is 0. The highest BCUT2D eigenvalue weighted by Gasteiger charge is 2.18. The van der Waals surface area contributed by atoms with Gasteiger partial charge in [0.15, 0.2) is 0 Å². The molecule has 2 rings (SSSR count). The summed E-state index contributed by atoms with van der Waals surface area (Å²) in [6.45, 7) is 1.92. The van der Waals surface area contributed by atoms with Gasteiger partial charge in [0.1, 0.15) is 6.10 Å². The molecule has 1 saturated heterocycles. The molecule has 1 aliphatic rings. The summed E-state index contributed by atoms with van der Waals surface area (Å²) >= 11 is 1.54. The second-order valence-electron chi connectivity index (χ2n) is 2.20. The molecule has 0 aromatic carbocycles. The first-order chi connectivity index (χ1) is 4.95. The molecule has 0 aliphatic carbocycles. The van der Waals surface area contributed by atoms with Gasteiger partial charge in [0.2, 0.25) is 0 Å². The predicted octanol–water partition coefficient (Wildman–Crippen LogP) is 0.494. The second-order valence-corrected chi connectivity index (χ2v) is 3.05. The quantitative estimate of drug-likeness (QED) is 0.676. The lowest BCUT2D eigenvalue weighted by molar-refractivity contribution is 0.142. The Morgan fingerprint density at radius 2 is 2.60 bits per heavy atom. The van der Waals surface area contributed by atoms with Crippen LogP contribution in [-0.4, -0.2) is 24.2 Å². The van der Waals surface area contributed by atoms with Crippen molar-refractivity contribution in [2.45, 2.75) is 6.10 Å². The van der Waals surface area contributed by atoms with Crippen molar-refractivity contribution in [3.63, 3.8) is 0 Å². The van der Waals surface area contributed by atoms with Gasteiger partial charge in [-0.05, 0) is 0 Å². The largest absolute Gasteiger partial charge is 0.464 e. The Balaban J connectivity index is 1.90. The van der Waals surface area contributed by atoms with Crippen molar-refractivity contribution in [2.75, 3.05) is 13.1 Å². The molecule has 0 unspecified atom stereocenters. The van der Waals surface area contributed by atoms with E-state index in [0.717, 1.165) is 18.3 Å². The molecular formula is C6H8N2OS. The molecule has 0 bridgehead atoms. The number of aromatic nitrogens is 1.